The van der Waals surface area contributed by atoms with Crippen LogP contribution in [0.4, 0.5) is 0 Å². The van der Waals surface area contributed by atoms with Crippen molar-refractivity contribution in [1.82, 2.24) is 14.6 Å². The highest BCUT2D eigenvalue weighted by atomic mass is 16.5. The van der Waals surface area contributed by atoms with E-state index in [0.29, 0.717) is 6.42 Å². The van der Waals surface area contributed by atoms with Crippen LogP contribution >= 0.6 is 0 Å². The number of ether oxygens (including phenoxy) is 1. The molecule has 0 unspecified atom stereocenters. The van der Waals surface area contributed by atoms with Crippen LogP contribution in [0.25, 0.3) is 5.65 Å². The van der Waals surface area contributed by atoms with Crippen molar-refractivity contribution in [2.24, 2.45) is 0 Å². The summed E-state index contributed by atoms with van der Waals surface area (Å²) in [5.74, 6) is 1.78. The minimum absolute atomic E-state index is 0.194. The Morgan fingerprint density at radius 1 is 1.21 bits per heavy atom. The van der Waals surface area contributed by atoms with E-state index >= 15 is 0 Å². The summed E-state index contributed by atoms with van der Waals surface area (Å²) in [6.45, 7) is 0. The highest BCUT2D eigenvalue weighted by Gasteiger charge is 2.07. The quantitative estimate of drug-likeness (QED) is 0.778. The smallest absolute Gasteiger partial charge is 0.161 e. The lowest BCUT2D eigenvalue weighted by atomic mass is 10.1. The summed E-state index contributed by atoms with van der Waals surface area (Å²) in [6, 6.07) is 11.1. The van der Waals surface area contributed by atoms with E-state index in [9.17, 15) is 5.11 Å². The fourth-order valence-corrected chi connectivity index (χ4v) is 2.01. The number of benzene rings is 1. The van der Waals surface area contributed by atoms with Crippen molar-refractivity contribution in [3.05, 3.63) is 54.0 Å². The van der Waals surface area contributed by atoms with Crippen molar-refractivity contribution in [1.29, 1.82) is 0 Å². The number of nitrogens with zero attached hydrogens (tertiary/aromatic N) is 3. The third kappa shape index (κ3) is 2.22. The predicted octanol–water partition coefficient (Wildman–Crippen LogP) is 2.03. The topological polar surface area (TPSA) is 59.7 Å². The van der Waals surface area contributed by atoms with Gasteiger partial charge in [-0.05, 0) is 29.8 Å². The Labute approximate surface area is 110 Å². The van der Waals surface area contributed by atoms with Gasteiger partial charge >= 0.3 is 0 Å². The Kier molecular flexibility index (Phi) is 2.79. The standard InChI is InChI=1S/C14H13N3O2/c1-19-12-4-2-3-10(7-12)8-14-16-15-13-6-5-11(18)9-17(13)14/h2-7,9,18H,8H2,1H3. The fourth-order valence-electron chi connectivity index (χ4n) is 2.01. The summed E-state index contributed by atoms with van der Waals surface area (Å²) < 4.78 is 6.98. The highest BCUT2D eigenvalue weighted by Crippen LogP contribution is 2.17. The number of hydrogen-bond donors (Lipinski definition) is 1. The molecule has 0 saturated carbocycles. The van der Waals surface area contributed by atoms with E-state index in [1.165, 1.54) is 0 Å². The molecule has 3 rings (SSSR count). The van der Waals surface area contributed by atoms with Gasteiger partial charge in [0.25, 0.3) is 0 Å². The summed E-state index contributed by atoms with van der Waals surface area (Å²) in [6.07, 6.45) is 2.24. The first kappa shape index (κ1) is 11.5. The van der Waals surface area contributed by atoms with Crippen LogP contribution in [0.15, 0.2) is 42.6 Å². The second kappa shape index (κ2) is 4.61. The number of aromatic hydroxyl groups is 1. The van der Waals surface area contributed by atoms with Crippen molar-refractivity contribution in [2.45, 2.75) is 6.42 Å². The molecule has 0 spiro atoms. The van der Waals surface area contributed by atoms with E-state index < -0.39 is 0 Å². The largest absolute Gasteiger partial charge is 0.506 e. The van der Waals surface area contributed by atoms with E-state index in [1.807, 2.05) is 24.3 Å². The average Bonchev–Trinajstić information content (AvgIpc) is 2.81. The van der Waals surface area contributed by atoms with Crippen LogP contribution in [0.5, 0.6) is 11.5 Å². The van der Waals surface area contributed by atoms with E-state index in [-0.39, 0.29) is 5.75 Å². The lowest BCUT2D eigenvalue weighted by molar-refractivity contribution is 0.414. The van der Waals surface area contributed by atoms with Gasteiger partial charge in [-0.25, -0.2) is 0 Å². The first-order chi connectivity index (χ1) is 9.26. The molecule has 3 aromatic rings. The molecule has 1 N–H and O–H groups in total. The maximum absolute atomic E-state index is 9.52. The number of aromatic nitrogens is 3. The van der Waals surface area contributed by atoms with Crippen LogP contribution in [-0.4, -0.2) is 26.8 Å². The van der Waals surface area contributed by atoms with E-state index in [0.717, 1.165) is 22.8 Å². The molecule has 0 amide bonds. The van der Waals surface area contributed by atoms with Crippen LogP contribution in [0, 0.1) is 0 Å². The molecule has 0 aliphatic carbocycles. The zero-order valence-corrected chi connectivity index (χ0v) is 10.4. The normalized spacial score (nSPS) is 10.8. The van der Waals surface area contributed by atoms with Crippen molar-refractivity contribution in [3.8, 4) is 11.5 Å². The molecule has 2 aromatic heterocycles. The maximum atomic E-state index is 9.52. The van der Waals surface area contributed by atoms with Gasteiger partial charge in [0.15, 0.2) is 5.65 Å². The minimum Gasteiger partial charge on any atom is -0.506 e. The van der Waals surface area contributed by atoms with E-state index in [2.05, 4.69) is 10.2 Å². The van der Waals surface area contributed by atoms with Crippen LogP contribution in [0.2, 0.25) is 0 Å². The molecule has 19 heavy (non-hydrogen) atoms. The highest BCUT2D eigenvalue weighted by molar-refractivity contribution is 5.42. The maximum Gasteiger partial charge on any atom is 0.161 e. The summed E-state index contributed by atoms with van der Waals surface area (Å²) in [5.41, 5.74) is 1.80. The predicted molar refractivity (Wildman–Crippen MR) is 70.5 cm³/mol. The molecule has 5 nitrogen and oxygen atoms in total. The average molecular weight is 255 g/mol. The molecule has 0 atom stereocenters. The lowest BCUT2D eigenvalue weighted by Crippen LogP contribution is -1.96. The van der Waals surface area contributed by atoms with Crippen molar-refractivity contribution in [3.63, 3.8) is 0 Å². The van der Waals surface area contributed by atoms with Crippen molar-refractivity contribution >= 4 is 5.65 Å². The number of rotatable bonds is 3. The molecule has 0 aliphatic rings. The monoisotopic (exact) mass is 255 g/mol. The van der Waals surface area contributed by atoms with Crippen LogP contribution < -0.4 is 4.74 Å². The molecule has 0 bridgehead atoms. The van der Waals surface area contributed by atoms with Gasteiger partial charge < -0.3 is 9.84 Å². The third-order valence-electron chi connectivity index (χ3n) is 2.95. The summed E-state index contributed by atoms with van der Waals surface area (Å²) in [5, 5.41) is 17.7. The lowest BCUT2D eigenvalue weighted by Gasteiger charge is -2.04. The number of hydrogen-bond acceptors (Lipinski definition) is 4. The van der Waals surface area contributed by atoms with Gasteiger partial charge in [-0.1, -0.05) is 12.1 Å². The third-order valence-corrected chi connectivity index (χ3v) is 2.95. The Balaban J connectivity index is 1.98. The van der Waals surface area contributed by atoms with Crippen LogP contribution in [0.1, 0.15) is 11.4 Å². The van der Waals surface area contributed by atoms with Gasteiger partial charge in [0.2, 0.25) is 0 Å². The van der Waals surface area contributed by atoms with Gasteiger partial charge in [0, 0.05) is 6.42 Å². The van der Waals surface area contributed by atoms with Crippen LogP contribution in [0.3, 0.4) is 0 Å². The van der Waals surface area contributed by atoms with Gasteiger partial charge in [-0.3, -0.25) is 4.40 Å². The Hall–Kier alpha value is -2.56. The van der Waals surface area contributed by atoms with Gasteiger partial charge in [0.05, 0.1) is 13.3 Å². The SMILES string of the molecule is COc1cccc(Cc2nnc3ccc(O)cn23)c1. The van der Waals surface area contributed by atoms with Gasteiger partial charge in [-0.2, -0.15) is 0 Å². The molecule has 0 aliphatic heterocycles. The Morgan fingerprint density at radius 2 is 2.11 bits per heavy atom. The fraction of sp³-hybridized carbons (Fsp3) is 0.143. The van der Waals surface area contributed by atoms with Crippen molar-refractivity contribution < 1.29 is 9.84 Å². The molecule has 0 saturated heterocycles. The molecule has 1 aromatic carbocycles. The first-order valence-electron chi connectivity index (χ1n) is 5.92. The second-order valence-corrected chi connectivity index (χ2v) is 4.26. The molecule has 0 radical (unpaired) electrons. The minimum atomic E-state index is 0.194. The molecular weight excluding hydrogens is 242 g/mol. The summed E-state index contributed by atoms with van der Waals surface area (Å²) in [7, 11) is 1.64. The summed E-state index contributed by atoms with van der Waals surface area (Å²) >= 11 is 0. The Bertz CT molecular complexity index is 722. The van der Waals surface area contributed by atoms with E-state index in [1.54, 1.807) is 29.8 Å². The van der Waals surface area contributed by atoms with Gasteiger partial charge in [-0.15, -0.1) is 10.2 Å². The molecule has 0 fully saturated rings. The van der Waals surface area contributed by atoms with Gasteiger partial charge in [0.1, 0.15) is 17.3 Å². The zero-order chi connectivity index (χ0) is 13.2. The summed E-state index contributed by atoms with van der Waals surface area (Å²) in [4.78, 5) is 0. The Morgan fingerprint density at radius 3 is 2.95 bits per heavy atom. The van der Waals surface area contributed by atoms with Crippen molar-refractivity contribution in [2.75, 3.05) is 7.11 Å². The molecule has 5 heteroatoms. The number of methoxy groups -OCH3 is 1. The first-order valence-corrected chi connectivity index (χ1v) is 5.92. The second-order valence-electron chi connectivity index (χ2n) is 4.26. The zero-order valence-electron chi connectivity index (χ0n) is 10.4. The molecule has 2 heterocycles. The number of pyridine rings is 1. The molecular formula is C14H13N3O2. The van der Waals surface area contributed by atoms with Crippen LogP contribution in [-0.2, 0) is 6.42 Å². The molecule has 96 valence electrons. The van der Waals surface area contributed by atoms with E-state index in [4.69, 9.17) is 4.74 Å². The number of fused-ring (bicyclic) bond motifs is 1.